The molecule has 0 aliphatic carbocycles. The monoisotopic (exact) mass is 407 g/mol. The molecule has 1 aliphatic heterocycles. The van der Waals surface area contributed by atoms with Crippen molar-refractivity contribution in [2.24, 2.45) is 0 Å². The molecular formula is C20H21N7OS. The summed E-state index contributed by atoms with van der Waals surface area (Å²) in [6, 6.07) is 5.80. The van der Waals surface area contributed by atoms with E-state index in [1.807, 2.05) is 49.8 Å². The Morgan fingerprint density at radius 1 is 1.14 bits per heavy atom. The lowest BCUT2D eigenvalue weighted by Gasteiger charge is -2.19. The molecule has 0 N–H and O–H groups in total. The molecule has 9 heteroatoms. The van der Waals surface area contributed by atoms with Crippen molar-refractivity contribution in [1.29, 1.82) is 0 Å². The Balaban J connectivity index is 1.54. The van der Waals surface area contributed by atoms with E-state index in [2.05, 4.69) is 21.9 Å². The van der Waals surface area contributed by atoms with Crippen LogP contribution in [0, 0.1) is 0 Å². The number of hydrogen-bond acceptors (Lipinski definition) is 6. The van der Waals surface area contributed by atoms with Gasteiger partial charge in [0.2, 0.25) is 0 Å². The number of imidazole rings is 2. The number of carbonyl (C=O) groups is 1. The van der Waals surface area contributed by atoms with Gasteiger partial charge in [0.05, 0.1) is 5.52 Å². The number of hydrogen-bond donors (Lipinski definition) is 0. The van der Waals surface area contributed by atoms with Crippen LogP contribution in [0.1, 0.15) is 16.9 Å². The molecule has 0 bridgehead atoms. The third kappa shape index (κ3) is 3.32. The Hall–Kier alpha value is -3.04. The minimum Gasteiger partial charge on any atom is -0.336 e. The van der Waals surface area contributed by atoms with E-state index in [0.717, 1.165) is 43.2 Å². The Kier molecular flexibility index (Phi) is 4.61. The molecule has 0 aromatic carbocycles. The lowest BCUT2D eigenvalue weighted by atomic mass is 10.3. The van der Waals surface area contributed by atoms with Crippen LogP contribution in [-0.4, -0.2) is 72.9 Å². The van der Waals surface area contributed by atoms with Gasteiger partial charge in [0.15, 0.2) is 16.6 Å². The molecule has 1 saturated heterocycles. The first-order valence-electron chi connectivity index (χ1n) is 9.60. The van der Waals surface area contributed by atoms with Gasteiger partial charge in [-0.3, -0.25) is 13.8 Å². The van der Waals surface area contributed by atoms with Gasteiger partial charge in [0.25, 0.3) is 5.91 Å². The Labute approximate surface area is 172 Å². The minimum atomic E-state index is -0.0189. The molecule has 4 aromatic heterocycles. The van der Waals surface area contributed by atoms with Crippen molar-refractivity contribution in [3.8, 4) is 16.6 Å². The van der Waals surface area contributed by atoms with Gasteiger partial charge in [-0.15, -0.1) is 11.3 Å². The third-order valence-corrected chi connectivity index (χ3v) is 5.99. The number of pyridine rings is 1. The lowest BCUT2D eigenvalue weighted by molar-refractivity contribution is 0.0759. The Morgan fingerprint density at radius 2 is 2.07 bits per heavy atom. The number of likely N-dealkylation sites (N-methyl/N-ethyl adjacent to an activating group) is 1. The highest BCUT2D eigenvalue weighted by Gasteiger charge is 2.25. The van der Waals surface area contributed by atoms with Gasteiger partial charge in [0, 0.05) is 43.6 Å². The molecule has 1 amide bonds. The van der Waals surface area contributed by atoms with Crippen molar-refractivity contribution >= 4 is 22.8 Å². The van der Waals surface area contributed by atoms with Crippen LogP contribution in [0.5, 0.6) is 0 Å². The molecule has 148 valence electrons. The summed E-state index contributed by atoms with van der Waals surface area (Å²) < 4.78 is 3.81. The van der Waals surface area contributed by atoms with Crippen molar-refractivity contribution in [2.45, 2.75) is 6.42 Å². The molecule has 0 unspecified atom stereocenters. The Bertz CT molecular complexity index is 1150. The van der Waals surface area contributed by atoms with Crippen molar-refractivity contribution in [3.63, 3.8) is 0 Å². The normalized spacial score (nSPS) is 15.7. The van der Waals surface area contributed by atoms with E-state index >= 15 is 0 Å². The zero-order valence-corrected chi connectivity index (χ0v) is 16.9. The van der Waals surface area contributed by atoms with Gasteiger partial charge >= 0.3 is 0 Å². The second kappa shape index (κ2) is 7.41. The topological polar surface area (TPSA) is 71.6 Å². The summed E-state index contributed by atoms with van der Waals surface area (Å²) in [6.07, 6.45) is 8.28. The number of thiazole rings is 1. The molecule has 0 atom stereocenters. The van der Waals surface area contributed by atoms with Crippen LogP contribution in [0.25, 0.3) is 22.2 Å². The van der Waals surface area contributed by atoms with Crippen molar-refractivity contribution in [1.82, 2.24) is 33.7 Å². The van der Waals surface area contributed by atoms with Crippen molar-refractivity contribution in [3.05, 3.63) is 54.2 Å². The average Bonchev–Trinajstić information content (AvgIpc) is 3.46. The van der Waals surface area contributed by atoms with Gasteiger partial charge in [-0.25, -0.2) is 15.0 Å². The van der Waals surface area contributed by atoms with E-state index in [1.165, 1.54) is 11.3 Å². The fourth-order valence-electron chi connectivity index (χ4n) is 3.66. The smallest absolute Gasteiger partial charge is 0.274 e. The Morgan fingerprint density at radius 3 is 2.93 bits per heavy atom. The van der Waals surface area contributed by atoms with Gasteiger partial charge in [-0.1, -0.05) is 6.07 Å². The maximum atomic E-state index is 13.3. The van der Waals surface area contributed by atoms with E-state index in [0.29, 0.717) is 17.2 Å². The summed E-state index contributed by atoms with van der Waals surface area (Å²) in [4.78, 5) is 31.1. The summed E-state index contributed by atoms with van der Waals surface area (Å²) in [5.74, 6) is 0.640. The first-order chi connectivity index (χ1) is 14.2. The average molecular weight is 408 g/mol. The molecule has 0 saturated carbocycles. The first-order valence-corrected chi connectivity index (χ1v) is 10.5. The number of nitrogens with zero attached hydrogens (tertiary/aromatic N) is 7. The third-order valence-electron chi connectivity index (χ3n) is 5.21. The standard InChI is InChI=1S/C20H21N7OS/c1-24-7-4-8-25(11-10-24)19(28)17-16-5-2-3-9-27(16)18(23-17)15-13-26(14-22-15)20-21-6-12-29-20/h2-3,5-6,9,12-14H,4,7-8,10-11H2,1H3. The maximum Gasteiger partial charge on any atom is 0.274 e. The molecule has 5 rings (SSSR count). The molecule has 0 radical (unpaired) electrons. The molecule has 29 heavy (non-hydrogen) atoms. The van der Waals surface area contributed by atoms with Gasteiger partial charge in [-0.2, -0.15) is 0 Å². The van der Waals surface area contributed by atoms with E-state index < -0.39 is 0 Å². The summed E-state index contributed by atoms with van der Waals surface area (Å²) >= 11 is 1.54. The molecular weight excluding hydrogens is 386 g/mol. The second-order valence-corrected chi connectivity index (χ2v) is 8.04. The zero-order valence-electron chi connectivity index (χ0n) is 16.1. The van der Waals surface area contributed by atoms with Crippen molar-refractivity contribution in [2.75, 3.05) is 33.2 Å². The molecule has 4 aromatic rings. The number of amides is 1. The molecule has 5 heterocycles. The predicted octanol–water partition coefficient (Wildman–Crippen LogP) is 2.42. The second-order valence-electron chi connectivity index (χ2n) is 7.17. The van der Waals surface area contributed by atoms with Crippen LogP contribution < -0.4 is 0 Å². The van der Waals surface area contributed by atoms with Crippen LogP contribution in [0.2, 0.25) is 0 Å². The van der Waals surface area contributed by atoms with E-state index in [1.54, 1.807) is 12.5 Å². The number of carbonyl (C=O) groups excluding carboxylic acids is 1. The lowest BCUT2D eigenvalue weighted by Crippen LogP contribution is -2.34. The SMILES string of the molecule is CN1CCCN(C(=O)c2nc(-c3cn(-c4nccs4)cn3)n3ccccc23)CC1. The van der Waals surface area contributed by atoms with Crippen LogP contribution >= 0.6 is 11.3 Å². The van der Waals surface area contributed by atoms with Gasteiger partial charge < -0.3 is 9.80 Å². The number of fused-ring (bicyclic) bond motifs is 1. The first kappa shape index (κ1) is 18.0. The van der Waals surface area contributed by atoms with Gasteiger partial charge in [-0.05, 0) is 32.1 Å². The van der Waals surface area contributed by atoms with E-state index in [-0.39, 0.29) is 5.91 Å². The molecule has 1 aliphatic rings. The maximum absolute atomic E-state index is 13.3. The van der Waals surface area contributed by atoms with Gasteiger partial charge in [0.1, 0.15) is 12.0 Å². The van der Waals surface area contributed by atoms with Crippen LogP contribution in [-0.2, 0) is 0 Å². The zero-order chi connectivity index (χ0) is 19.8. The summed E-state index contributed by atoms with van der Waals surface area (Å²) in [6.45, 7) is 3.36. The minimum absolute atomic E-state index is 0.0189. The highest BCUT2D eigenvalue weighted by atomic mass is 32.1. The van der Waals surface area contributed by atoms with Crippen LogP contribution in [0.4, 0.5) is 0 Å². The molecule has 0 spiro atoms. The summed E-state index contributed by atoms with van der Waals surface area (Å²) in [7, 11) is 2.09. The summed E-state index contributed by atoms with van der Waals surface area (Å²) in [5.41, 5.74) is 1.99. The fourth-order valence-corrected chi connectivity index (χ4v) is 4.25. The van der Waals surface area contributed by atoms with E-state index in [4.69, 9.17) is 4.98 Å². The number of rotatable bonds is 3. The van der Waals surface area contributed by atoms with Crippen LogP contribution in [0.15, 0.2) is 48.5 Å². The molecule has 1 fully saturated rings. The number of aromatic nitrogens is 5. The quantitative estimate of drug-likeness (QED) is 0.522. The van der Waals surface area contributed by atoms with Crippen LogP contribution in [0.3, 0.4) is 0 Å². The van der Waals surface area contributed by atoms with E-state index in [9.17, 15) is 4.79 Å². The largest absolute Gasteiger partial charge is 0.336 e. The predicted molar refractivity (Wildman–Crippen MR) is 111 cm³/mol. The highest BCUT2D eigenvalue weighted by Crippen LogP contribution is 2.24. The van der Waals surface area contributed by atoms with Crippen molar-refractivity contribution < 1.29 is 4.79 Å². The highest BCUT2D eigenvalue weighted by molar-refractivity contribution is 7.12. The fraction of sp³-hybridized carbons (Fsp3) is 0.300. The molecule has 8 nitrogen and oxygen atoms in total. The summed E-state index contributed by atoms with van der Waals surface area (Å²) in [5, 5.41) is 2.77.